The second-order valence-corrected chi connectivity index (χ2v) is 1.32. The molecule has 0 aliphatic carbocycles. The normalized spacial score (nSPS) is 20.0. The van der Waals surface area contributed by atoms with Crippen LogP contribution >= 0.6 is 0 Å². The van der Waals surface area contributed by atoms with Crippen LogP contribution in [-0.2, 0) is 25.8 Å². The van der Waals surface area contributed by atoms with E-state index in [0.717, 1.165) is 13.2 Å². The molecular weight excluding hydrogens is 160 g/mol. The fourth-order valence-electron chi connectivity index (χ4n) is 0.510. The van der Waals surface area contributed by atoms with E-state index in [1.165, 1.54) is 12.8 Å². The average molecular weight is 168 g/mol. The molecule has 0 N–H and O–H groups in total. The van der Waals surface area contributed by atoms with Crippen molar-refractivity contribution in [3.8, 4) is 0 Å². The number of hydrogen-bond acceptors (Lipinski definition) is 1. The predicted octanol–water partition coefficient (Wildman–Crippen LogP) is 0.794. The zero-order chi connectivity index (χ0) is 3.54. The van der Waals surface area contributed by atoms with Crippen molar-refractivity contribution in [1.82, 2.24) is 0 Å². The van der Waals surface area contributed by atoms with Crippen molar-refractivity contribution in [2.75, 3.05) is 13.2 Å². The standard InChI is InChI=1S/C4H8O.Mo/c1-2-4-5-3-1;/h1-4H2;. The third-order valence-corrected chi connectivity index (χ3v) is 0.827. The molecule has 6 heavy (non-hydrogen) atoms. The third-order valence-electron chi connectivity index (χ3n) is 0.827. The summed E-state index contributed by atoms with van der Waals surface area (Å²) >= 11 is 0. The molecule has 36 valence electrons. The van der Waals surface area contributed by atoms with Gasteiger partial charge >= 0.3 is 0 Å². The van der Waals surface area contributed by atoms with Crippen molar-refractivity contribution in [2.45, 2.75) is 12.8 Å². The second kappa shape index (κ2) is 3.83. The Morgan fingerprint density at radius 3 is 1.67 bits per heavy atom. The van der Waals surface area contributed by atoms with Crippen LogP contribution in [-0.4, -0.2) is 13.2 Å². The molecule has 1 saturated heterocycles. The number of ether oxygens (including phenoxy) is 1. The van der Waals surface area contributed by atoms with Crippen molar-refractivity contribution in [3.05, 3.63) is 0 Å². The Labute approximate surface area is 52.3 Å². The summed E-state index contributed by atoms with van der Waals surface area (Å²) in [5.41, 5.74) is 0. The van der Waals surface area contributed by atoms with Crippen LogP contribution in [0.1, 0.15) is 12.8 Å². The molecule has 0 unspecified atom stereocenters. The summed E-state index contributed by atoms with van der Waals surface area (Å²) in [6.45, 7) is 2.00. The zero-order valence-electron chi connectivity index (χ0n) is 3.64. The van der Waals surface area contributed by atoms with Crippen molar-refractivity contribution in [1.29, 1.82) is 0 Å². The smallest absolute Gasteiger partial charge is 0.0466 e. The van der Waals surface area contributed by atoms with Gasteiger partial charge in [0.05, 0.1) is 0 Å². The van der Waals surface area contributed by atoms with Crippen LogP contribution in [0.25, 0.3) is 0 Å². The van der Waals surface area contributed by atoms with Gasteiger partial charge in [0.15, 0.2) is 0 Å². The fourth-order valence-corrected chi connectivity index (χ4v) is 0.510. The van der Waals surface area contributed by atoms with E-state index in [0.29, 0.717) is 0 Å². The van der Waals surface area contributed by atoms with Gasteiger partial charge in [0, 0.05) is 34.3 Å². The summed E-state index contributed by atoms with van der Waals surface area (Å²) in [6.07, 6.45) is 2.56. The summed E-state index contributed by atoms with van der Waals surface area (Å²) in [4.78, 5) is 0. The van der Waals surface area contributed by atoms with E-state index < -0.39 is 0 Å². The molecule has 0 saturated carbocycles. The van der Waals surface area contributed by atoms with Crippen LogP contribution in [0.3, 0.4) is 0 Å². The van der Waals surface area contributed by atoms with Gasteiger partial charge in [-0.25, -0.2) is 0 Å². The van der Waals surface area contributed by atoms with Crippen molar-refractivity contribution in [3.63, 3.8) is 0 Å². The van der Waals surface area contributed by atoms with Crippen LogP contribution in [0.2, 0.25) is 0 Å². The van der Waals surface area contributed by atoms with E-state index >= 15 is 0 Å². The molecule has 1 aliphatic rings. The van der Waals surface area contributed by atoms with Crippen molar-refractivity contribution < 1.29 is 25.8 Å². The Morgan fingerprint density at radius 1 is 1.00 bits per heavy atom. The van der Waals surface area contributed by atoms with E-state index in [1.807, 2.05) is 0 Å². The molecule has 0 atom stereocenters. The first-order chi connectivity index (χ1) is 2.50. The molecule has 0 aromatic rings. The Morgan fingerprint density at radius 2 is 1.50 bits per heavy atom. The Kier molecular flexibility index (Phi) is 4.24. The van der Waals surface area contributed by atoms with Crippen molar-refractivity contribution >= 4 is 0 Å². The van der Waals surface area contributed by atoms with Gasteiger partial charge in [0.1, 0.15) is 0 Å². The maximum Gasteiger partial charge on any atom is 0.0466 e. The largest absolute Gasteiger partial charge is 0.381 e. The maximum atomic E-state index is 4.94. The van der Waals surface area contributed by atoms with E-state index in [4.69, 9.17) is 4.74 Å². The molecule has 0 aromatic carbocycles. The first-order valence-electron chi connectivity index (χ1n) is 2.08. The molecule has 2 heteroatoms. The van der Waals surface area contributed by atoms with Crippen molar-refractivity contribution in [2.24, 2.45) is 0 Å². The van der Waals surface area contributed by atoms with E-state index in [9.17, 15) is 0 Å². The average Bonchev–Trinajstić information content (AvgIpc) is 1.76. The molecular formula is C4H8MoO. The van der Waals surface area contributed by atoms with E-state index in [1.54, 1.807) is 0 Å². The molecule has 1 rings (SSSR count). The topological polar surface area (TPSA) is 9.23 Å². The van der Waals surface area contributed by atoms with Gasteiger partial charge in [-0.1, -0.05) is 0 Å². The molecule has 0 aromatic heterocycles. The van der Waals surface area contributed by atoms with Gasteiger partial charge in [-0.3, -0.25) is 0 Å². The van der Waals surface area contributed by atoms with E-state index in [2.05, 4.69) is 0 Å². The fraction of sp³-hybridized carbons (Fsp3) is 1.00. The minimum atomic E-state index is 0. The number of hydrogen-bond donors (Lipinski definition) is 0. The van der Waals surface area contributed by atoms with Gasteiger partial charge in [-0.2, -0.15) is 0 Å². The SMILES string of the molecule is C1CCOC1.[Mo]. The summed E-state index contributed by atoms with van der Waals surface area (Å²) in [5, 5.41) is 0. The van der Waals surface area contributed by atoms with Crippen LogP contribution in [0.5, 0.6) is 0 Å². The summed E-state index contributed by atoms with van der Waals surface area (Å²) in [7, 11) is 0. The predicted molar refractivity (Wildman–Crippen MR) is 20.1 cm³/mol. The minimum absolute atomic E-state index is 0. The second-order valence-electron chi connectivity index (χ2n) is 1.32. The molecule has 0 amide bonds. The number of rotatable bonds is 0. The molecule has 1 aliphatic heterocycles. The van der Waals surface area contributed by atoms with Gasteiger partial charge < -0.3 is 4.74 Å². The Hall–Kier alpha value is 0.648. The van der Waals surface area contributed by atoms with Gasteiger partial charge in [-0.15, -0.1) is 0 Å². The van der Waals surface area contributed by atoms with E-state index in [-0.39, 0.29) is 21.1 Å². The monoisotopic (exact) mass is 170 g/mol. The molecule has 1 fully saturated rings. The quantitative estimate of drug-likeness (QED) is 0.486. The van der Waals surface area contributed by atoms with Gasteiger partial charge in [0.25, 0.3) is 0 Å². The third kappa shape index (κ3) is 1.94. The summed E-state index contributed by atoms with van der Waals surface area (Å²) in [6, 6.07) is 0. The Balaban J connectivity index is 0.000000250. The summed E-state index contributed by atoms with van der Waals surface area (Å²) in [5.74, 6) is 0. The zero-order valence-corrected chi connectivity index (χ0v) is 5.65. The molecule has 1 nitrogen and oxygen atoms in total. The minimum Gasteiger partial charge on any atom is -0.381 e. The van der Waals surface area contributed by atoms with Crippen LogP contribution in [0.15, 0.2) is 0 Å². The molecule has 0 radical (unpaired) electrons. The molecule has 0 bridgehead atoms. The van der Waals surface area contributed by atoms with Gasteiger partial charge in [0.2, 0.25) is 0 Å². The van der Waals surface area contributed by atoms with Crippen LogP contribution < -0.4 is 0 Å². The Bertz CT molecular complexity index is 19.1. The molecule has 1 heterocycles. The summed E-state index contributed by atoms with van der Waals surface area (Å²) < 4.78 is 4.94. The maximum absolute atomic E-state index is 4.94. The van der Waals surface area contributed by atoms with Crippen LogP contribution in [0, 0.1) is 0 Å². The first-order valence-corrected chi connectivity index (χ1v) is 2.08. The van der Waals surface area contributed by atoms with Crippen LogP contribution in [0.4, 0.5) is 0 Å². The molecule has 0 spiro atoms. The first kappa shape index (κ1) is 6.65. The van der Waals surface area contributed by atoms with Gasteiger partial charge in [-0.05, 0) is 12.8 Å².